The lowest BCUT2D eigenvalue weighted by molar-refractivity contribution is 0.288. The maximum Gasteiger partial charge on any atom is 0.139 e. The van der Waals surface area contributed by atoms with E-state index in [4.69, 9.17) is 10.9 Å². The molecule has 2 aliphatic carbocycles. The molecular weight excluding hydrogens is 202 g/mol. The van der Waals surface area contributed by atoms with Crippen LogP contribution in [0, 0.1) is 11.3 Å². The van der Waals surface area contributed by atoms with E-state index in [0.717, 1.165) is 25.4 Å². The Bertz CT molecular complexity index is 257. The van der Waals surface area contributed by atoms with Gasteiger partial charge >= 0.3 is 0 Å². The quantitative estimate of drug-likeness (QED) is 0.203. The molecule has 0 amide bonds. The summed E-state index contributed by atoms with van der Waals surface area (Å²) in [4.78, 5) is 0. The Morgan fingerprint density at radius 1 is 1.44 bits per heavy atom. The van der Waals surface area contributed by atoms with Gasteiger partial charge in [-0.25, -0.2) is 0 Å². The highest BCUT2D eigenvalue weighted by Crippen LogP contribution is 2.48. The highest BCUT2D eigenvalue weighted by Gasteiger charge is 2.42. The number of nitrogens with two attached hydrogens (primary N) is 1. The Morgan fingerprint density at radius 3 is 2.69 bits per heavy atom. The Morgan fingerprint density at radius 2 is 2.19 bits per heavy atom. The van der Waals surface area contributed by atoms with Gasteiger partial charge in [0.2, 0.25) is 0 Å². The number of amidine groups is 1. The lowest BCUT2D eigenvalue weighted by Crippen LogP contribution is -2.30. The summed E-state index contributed by atoms with van der Waals surface area (Å²) in [6.07, 6.45) is 8.75. The number of nitrogens with one attached hydrogen (secondary N) is 1. The van der Waals surface area contributed by atoms with Gasteiger partial charge in [0.25, 0.3) is 0 Å². The summed E-state index contributed by atoms with van der Waals surface area (Å²) in [6, 6.07) is 0. The third kappa shape index (κ3) is 3.11. The monoisotopic (exact) mass is 225 g/mol. The van der Waals surface area contributed by atoms with Crippen molar-refractivity contribution in [2.45, 2.75) is 44.9 Å². The predicted octanol–water partition coefficient (Wildman–Crippen LogP) is 1.68. The van der Waals surface area contributed by atoms with E-state index in [-0.39, 0.29) is 0 Å². The summed E-state index contributed by atoms with van der Waals surface area (Å²) >= 11 is 0. The Hall–Kier alpha value is -0.770. The molecule has 0 aliphatic heterocycles. The average molecular weight is 225 g/mol. The third-order valence-corrected chi connectivity index (χ3v) is 4.10. The molecule has 0 heterocycles. The number of nitrogens with zero attached hydrogens (tertiary/aromatic N) is 1. The van der Waals surface area contributed by atoms with E-state index >= 15 is 0 Å². The van der Waals surface area contributed by atoms with Crippen LogP contribution >= 0.6 is 0 Å². The van der Waals surface area contributed by atoms with Crippen molar-refractivity contribution >= 4 is 5.84 Å². The van der Waals surface area contributed by atoms with E-state index < -0.39 is 0 Å². The normalized spacial score (nSPS) is 24.1. The highest BCUT2D eigenvalue weighted by molar-refractivity contribution is 5.80. The van der Waals surface area contributed by atoms with Crippen LogP contribution in [0.15, 0.2) is 5.16 Å². The van der Waals surface area contributed by atoms with E-state index in [1.165, 1.54) is 38.5 Å². The van der Waals surface area contributed by atoms with Crippen LogP contribution in [0.3, 0.4) is 0 Å². The molecule has 0 spiro atoms. The topological polar surface area (TPSA) is 70.6 Å². The van der Waals surface area contributed by atoms with Gasteiger partial charge in [-0.05, 0) is 37.1 Å². The Kier molecular flexibility index (Phi) is 3.69. The summed E-state index contributed by atoms with van der Waals surface area (Å²) < 4.78 is 0. The molecular formula is C12H23N3O. The Labute approximate surface area is 97.3 Å². The Balaban J connectivity index is 1.57. The zero-order valence-corrected chi connectivity index (χ0v) is 9.91. The largest absolute Gasteiger partial charge is 0.409 e. The minimum Gasteiger partial charge on any atom is -0.409 e. The van der Waals surface area contributed by atoms with Crippen molar-refractivity contribution in [3.8, 4) is 0 Å². The van der Waals surface area contributed by atoms with Gasteiger partial charge in [0, 0.05) is 13.0 Å². The summed E-state index contributed by atoms with van der Waals surface area (Å²) in [5, 5.41) is 15.1. The first-order valence-electron chi connectivity index (χ1n) is 6.41. The summed E-state index contributed by atoms with van der Waals surface area (Å²) in [7, 11) is 0. The molecule has 92 valence electrons. The SMILES string of the molecule is NC(CC1(CNCCC2CCC2)CC1)=NO. The van der Waals surface area contributed by atoms with Gasteiger partial charge in [-0.1, -0.05) is 24.4 Å². The lowest BCUT2D eigenvalue weighted by atomic mass is 9.83. The maximum atomic E-state index is 8.55. The average Bonchev–Trinajstić information content (AvgIpc) is 2.95. The molecule has 4 nitrogen and oxygen atoms in total. The first kappa shape index (κ1) is 11.7. The molecule has 4 N–H and O–H groups in total. The van der Waals surface area contributed by atoms with Crippen molar-refractivity contribution in [1.82, 2.24) is 5.32 Å². The molecule has 2 saturated carbocycles. The molecule has 16 heavy (non-hydrogen) atoms. The number of hydrogen-bond acceptors (Lipinski definition) is 3. The second-order valence-corrected chi connectivity index (χ2v) is 5.53. The zero-order chi connectivity index (χ0) is 11.4. The zero-order valence-electron chi connectivity index (χ0n) is 9.91. The van der Waals surface area contributed by atoms with Crippen LogP contribution in [0.5, 0.6) is 0 Å². The van der Waals surface area contributed by atoms with Crippen molar-refractivity contribution in [1.29, 1.82) is 0 Å². The number of hydrogen-bond donors (Lipinski definition) is 3. The van der Waals surface area contributed by atoms with Gasteiger partial charge in [0.05, 0.1) is 0 Å². The van der Waals surface area contributed by atoms with Crippen molar-refractivity contribution in [3.63, 3.8) is 0 Å². The van der Waals surface area contributed by atoms with Crippen molar-refractivity contribution in [2.75, 3.05) is 13.1 Å². The van der Waals surface area contributed by atoms with Crippen LogP contribution in [-0.4, -0.2) is 24.1 Å². The van der Waals surface area contributed by atoms with E-state index in [1.807, 2.05) is 0 Å². The summed E-state index contributed by atoms with van der Waals surface area (Å²) in [5.41, 5.74) is 5.86. The number of rotatable bonds is 7. The standard InChI is InChI=1S/C12H23N3O/c13-11(15-16)8-12(5-6-12)9-14-7-4-10-2-1-3-10/h10,14,16H,1-9H2,(H2,13,15). The van der Waals surface area contributed by atoms with Crippen LogP contribution < -0.4 is 11.1 Å². The predicted molar refractivity (Wildman–Crippen MR) is 64.5 cm³/mol. The van der Waals surface area contributed by atoms with Crippen molar-refractivity contribution < 1.29 is 5.21 Å². The second kappa shape index (κ2) is 5.04. The maximum absolute atomic E-state index is 8.55. The van der Waals surface area contributed by atoms with Crippen LogP contribution in [0.25, 0.3) is 0 Å². The molecule has 2 aliphatic rings. The molecule has 0 unspecified atom stereocenters. The molecule has 0 atom stereocenters. The van der Waals surface area contributed by atoms with Gasteiger partial charge in [-0.15, -0.1) is 0 Å². The smallest absolute Gasteiger partial charge is 0.139 e. The molecule has 0 aromatic rings. The van der Waals surface area contributed by atoms with Gasteiger partial charge in [0.15, 0.2) is 0 Å². The van der Waals surface area contributed by atoms with Gasteiger partial charge in [-0.3, -0.25) is 0 Å². The van der Waals surface area contributed by atoms with Gasteiger partial charge in [0.1, 0.15) is 5.84 Å². The first-order valence-corrected chi connectivity index (χ1v) is 6.41. The summed E-state index contributed by atoms with van der Waals surface area (Å²) in [6.45, 7) is 2.15. The van der Waals surface area contributed by atoms with Gasteiger partial charge in [-0.2, -0.15) is 0 Å². The lowest BCUT2D eigenvalue weighted by Gasteiger charge is -2.25. The molecule has 0 aromatic carbocycles. The van der Waals surface area contributed by atoms with Crippen LogP contribution in [0.1, 0.15) is 44.9 Å². The van der Waals surface area contributed by atoms with E-state index in [1.54, 1.807) is 0 Å². The molecule has 0 saturated heterocycles. The molecule has 2 fully saturated rings. The fourth-order valence-corrected chi connectivity index (χ4v) is 2.45. The summed E-state index contributed by atoms with van der Waals surface area (Å²) in [5.74, 6) is 1.35. The fourth-order valence-electron chi connectivity index (χ4n) is 2.45. The van der Waals surface area contributed by atoms with E-state index in [2.05, 4.69) is 10.5 Å². The van der Waals surface area contributed by atoms with Crippen molar-refractivity contribution in [3.05, 3.63) is 0 Å². The third-order valence-electron chi connectivity index (χ3n) is 4.10. The van der Waals surface area contributed by atoms with E-state index in [0.29, 0.717) is 11.3 Å². The molecule has 4 heteroatoms. The fraction of sp³-hybridized carbons (Fsp3) is 0.917. The highest BCUT2D eigenvalue weighted by atomic mass is 16.4. The first-order chi connectivity index (χ1) is 7.74. The molecule has 0 aromatic heterocycles. The minimum absolute atomic E-state index is 0.302. The molecule has 2 rings (SSSR count). The molecule has 0 bridgehead atoms. The van der Waals surface area contributed by atoms with Crippen LogP contribution in [0.4, 0.5) is 0 Å². The second-order valence-electron chi connectivity index (χ2n) is 5.53. The van der Waals surface area contributed by atoms with Crippen LogP contribution in [-0.2, 0) is 0 Å². The van der Waals surface area contributed by atoms with Crippen LogP contribution in [0.2, 0.25) is 0 Å². The van der Waals surface area contributed by atoms with E-state index in [9.17, 15) is 0 Å². The molecule has 0 radical (unpaired) electrons. The van der Waals surface area contributed by atoms with Gasteiger partial charge < -0.3 is 16.3 Å². The number of oxime groups is 1. The van der Waals surface area contributed by atoms with Crippen molar-refractivity contribution in [2.24, 2.45) is 22.2 Å². The minimum atomic E-state index is 0.302.